The van der Waals surface area contributed by atoms with Crippen LogP contribution in [-0.4, -0.2) is 61.4 Å². The molecular formula is C36H49N4O9P. The van der Waals surface area contributed by atoms with E-state index in [1.165, 1.54) is 11.1 Å². The zero-order valence-electron chi connectivity index (χ0n) is 29.2. The van der Waals surface area contributed by atoms with Crippen LogP contribution in [0.15, 0.2) is 71.1 Å². The van der Waals surface area contributed by atoms with Gasteiger partial charge in [0.1, 0.15) is 18.7 Å². The number of benzene rings is 2. The SMILES string of the molecule is CCCCCC(C(=O)NCNC(=O)c1ccc(-c2ccc(C(=O)NCP(=O)(OCC)OCC)cc2)o1)C(CC)N(C=O)OCc1ccccc1. The number of hydrogen-bond donors (Lipinski definition) is 3. The third-order valence-corrected chi connectivity index (χ3v) is 9.70. The maximum absolute atomic E-state index is 13.4. The van der Waals surface area contributed by atoms with Gasteiger partial charge in [-0.3, -0.25) is 28.6 Å². The summed E-state index contributed by atoms with van der Waals surface area (Å²) in [5.74, 6) is -1.40. The van der Waals surface area contributed by atoms with E-state index in [2.05, 4.69) is 22.9 Å². The normalized spacial score (nSPS) is 12.5. The van der Waals surface area contributed by atoms with Crippen LogP contribution in [0.1, 0.15) is 86.3 Å². The van der Waals surface area contributed by atoms with Crippen LogP contribution in [-0.2, 0) is 34.6 Å². The van der Waals surface area contributed by atoms with Gasteiger partial charge in [-0.1, -0.05) is 75.6 Å². The molecule has 14 heteroatoms. The summed E-state index contributed by atoms with van der Waals surface area (Å²) in [5, 5.41) is 9.25. The molecule has 0 fully saturated rings. The van der Waals surface area contributed by atoms with E-state index in [0.29, 0.717) is 36.1 Å². The lowest BCUT2D eigenvalue weighted by Gasteiger charge is -2.32. The van der Waals surface area contributed by atoms with Crippen LogP contribution < -0.4 is 16.0 Å². The van der Waals surface area contributed by atoms with Crippen molar-refractivity contribution >= 4 is 31.7 Å². The zero-order valence-corrected chi connectivity index (χ0v) is 30.1. The van der Waals surface area contributed by atoms with E-state index in [1.807, 2.05) is 37.3 Å². The molecule has 1 heterocycles. The Bertz CT molecular complexity index is 1540. The molecule has 2 unspecified atom stereocenters. The smallest absolute Gasteiger partial charge is 0.349 e. The lowest BCUT2D eigenvalue weighted by molar-refractivity contribution is -0.200. The highest BCUT2D eigenvalue weighted by atomic mass is 31.2. The predicted octanol–water partition coefficient (Wildman–Crippen LogP) is 6.27. The van der Waals surface area contributed by atoms with Gasteiger partial charge in [0.2, 0.25) is 12.3 Å². The van der Waals surface area contributed by atoms with Gasteiger partial charge in [-0.2, -0.15) is 0 Å². The van der Waals surface area contributed by atoms with Gasteiger partial charge in [0.15, 0.2) is 5.76 Å². The quantitative estimate of drug-likeness (QED) is 0.0338. The second-order valence-electron chi connectivity index (χ2n) is 11.4. The first kappa shape index (κ1) is 40.1. The Kier molecular flexibility index (Phi) is 16.9. The van der Waals surface area contributed by atoms with Gasteiger partial charge in [0.05, 0.1) is 31.8 Å². The molecule has 50 heavy (non-hydrogen) atoms. The van der Waals surface area contributed by atoms with Crippen molar-refractivity contribution in [2.45, 2.75) is 72.4 Å². The Labute approximate surface area is 293 Å². The Hall–Kier alpha value is -4.29. The summed E-state index contributed by atoms with van der Waals surface area (Å²) in [7, 11) is -3.43. The Morgan fingerprint density at radius 2 is 1.56 bits per heavy atom. The van der Waals surface area contributed by atoms with Crippen molar-refractivity contribution in [3.63, 3.8) is 0 Å². The van der Waals surface area contributed by atoms with Gasteiger partial charge in [-0.25, -0.2) is 5.06 Å². The maximum atomic E-state index is 13.4. The van der Waals surface area contributed by atoms with Crippen LogP contribution in [0.3, 0.4) is 0 Å². The molecule has 0 aliphatic rings. The predicted molar refractivity (Wildman–Crippen MR) is 189 cm³/mol. The van der Waals surface area contributed by atoms with E-state index >= 15 is 0 Å². The van der Waals surface area contributed by atoms with Gasteiger partial charge in [-0.15, -0.1) is 0 Å². The second-order valence-corrected chi connectivity index (χ2v) is 13.4. The van der Waals surface area contributed by atoms with E-state index in [4.69, 9.17) is 18.3 Å². The minimum absolute atomic E-state index is 0.0334. The molecule has 0 bridgehead atoms. The first-order valence-corrected chi connectivity index (χ1v) is 18.7. The summed E-state index contributed by atoms with van der Waals surface area (Å²) in [6.07, 6.45) is 4.11. The number of hydroxylamine groups is 2. The van der Waals surface area contributed by atoms with Crippen LogP contribution in [0, 0.1) is 5.92 Å². The van der Waals surface area contributed by atoms with Crippen molar-refractivity contribution in [2.24, 2.45) is 5.92 Å². The van der Waals surface area contributed by atoms with Gasteiger partial charge in [-0.05, 0) is 56.5 Å². The van der Waals surface area contributed by atoms with Crippen molar-refractivity contribution in [3.05, 3.63) is 83.6 Å². The van der Waals surface area contributed by atoms with Crippen molar-refractivity contribution in [1.29, 1.82) is 0 Å². The number of rotatable bonds is 23. The Balaban J connectivity index is 1.57. The molecule has 2 aromatic carbocycles. The van der Waals surface area contributed by atoms with Gasteiger partial charge in [0.25, 0.3) is 11.8 Å². The van der Waals surface area contributed by atoms with Crippen LogP contribution >= 0.6 is 7.60 Å². The van der Waals surface area contributed by atoms with Crippen LogP contribution in [0.25, 0.3) is 11.3 Å². The van der Waals surface area contributed by atoms with Crippen molar-refractivity contribution < 1.29 is 42.0 Å². The summed E-state index contributed by atoms with van der Waals surface area (Å²) in [5.41, 5.74) is 1.85. The van der Waals surface area contributed by atoms with E-state index < -0.39 is 31.4 Å². The fourth-order valence-electron chi connectivity index (χ4n) is 5.31. The molecule has 3 aromatic rings. The maximum Gasteiger partial charge on any atom is 0.349 e. The average Bonchev–Trinajstić information content (AvgIpc) is 3.63. The number of hydrogen-bond acceptors (Lipinski definition) is 9. The van der Waals surface area contributed by atoms with E-state index in [-0.39, 0.29) is 44.4 Å². The molecule has 0 aliphatic heterocycles. The van der Waals surface area contributed by atoms with Gasteiger partial charge in [0, 0.05) is 11.1 Å². The van der Waals surface area contributed by atoms with Gasteiger partial charge >= 0.3 is 7.60 Å². The molecule has 0 saturated carbocycles. The highest BCUT2D eigenvalue weighted by molar-refractivity contribution is 7.53. The fourth-order valence-corrected chi connectivity index (χ4v) is 6.69. The summed E-state index contributed by atoms with van der Waals surface area (Å²) >= 11 is 0. The molecular weight excluding hydrogens is 663 g/mol. The molecule has 13 nitrogen and oxygen atoms in total. The van der Waals surface area contributed by atoms with Crippen LogP contribution in [0.2, 0.25) is 0 Å². The van der Waals surface area contributed by atoms with E-state index in [1.54, 1.807) is 44.2 Å². The minimum atomic E-state index is -3.43. The molecule has 3 rings (SSSR count). The molecule has 2 atom stereocenters. The standard InChI is InChI=1S/C36H49N4O9P/c1-5-9-11-16-30(31(6-2)40(26-41)46-23-27-14-12-10-13-15-27)35(43)37-24-38-36(44)33-22-21-32(49-33)28-17-19-29(20-18-28)34(42)39-25-50(45,47-7-3)48-8-4/h10,12-15,17-22,26,30-31H,5-9,11,16,23-25H2,1-4H3,(H,37,43)(H,38,44)(H,39,42). The summed E-state index contributed by atoms with van der Waals surface area (Å²) in [4.78, 5) is 56.8. The highest BCUT2D eigenvalue weighted by Gasteiger charge is 2.32. The third kappa shape index (κ3) is 12.2. The van der Waals surface area contributed by atoms with E-state index in [0.717, 1.165) is 24.8 Å². The number of furan rings is 1. The molecule has 272 valence electrons. The fraction of sp³-hybridized carbons (Fsp3) is 0.444. The number of carbonyl (C=O) groups is 4. The molecule has 0 radical (unpaired) electrons. The molecule has 0 saturated heterocycles. The summed E-state index contributed by atoms with van der Waals surface area (Å²) in [6, 6.07) is 18.6. The Morgan fingerprint density at radius 1 is 0.860 bits per heavy atom. The topological polar surface area (TPSA) is 166 Å². The second kappa shape index (κ2) is 21.0. The average molecular weight is 713 g/mol. The number of amides is 4. The number of carbonyl (C=O) groups excluding carboxylic acids is 4. The summed E-state index contributed by atoms with van der Waals surface area (Å²) in [6.45, 7) is 7.77. The Morgan fingerprint density at radius 3 is 2.18 bits per heavy atom. The molecule has 0 aliphatic carbocycles. The van der Waals surface area contributed by atoms with Crippen LogP contribution in [0.5, 0.6) is 0 Å². The molecule has 1 aromatic heterocycles. The van der Waals surface area contributed by atoms with E-state index in [9.17, 15) is 23.7 Å². The minimum Gasteiger partial charge on any atom is -0.451 e. The zero-order chi connectivity index (χ0) is 36.4. The third-order valence-electron chi connectivity index (χ3n) is 7.85. The first-order chi connectivity index (χ1) is 24.2. The lowest BCUT2D eigenvalue weighted by atomic mass is 9.90. The van der Waals surface area contributed by atoms with Crippen molar-refractivity contribution in [3.8, 4) is 11.3 Å². The monoisotopic (exact) mass is 712 g/mol. The molecule has 0 spiro atoms. The first-order valence-electron chi connectivity index (χ1n) is 17.0. The van der Waals surface area contributed by atoms with Crippen molar-refractivity contribution in [2.75, 3.05) is 26.2 Å². The lowest BCUT2D eigenvalue weighted by Crippen LogP contribution is -2.48. The number of nitrogens with zero attached hydrogens (tertiary/aromatic N) is 1. The highest BCUT2D eigenvalue weighted by Crippen LogP contribution is 2.46. The number of unbranched alkanes of at least 4 members (excludes halogenated alkanes) is 2. The molecule has 4 amide bonds. The van der Waals surface area contributed by atoms with Crippen molar-refractivity contribution in [1.82, 2.24) is 21.0 Å². The number of nitrogens with one attached hydrogen (secondary N) is 3. The van der Waals surface area contributed by atoms with Gasteiger partial charge < -0.3 is 29.4 Å². The largest absolute Gasteiger partial charge is 0.451 e. The molecule has 3 N–H and O–H groups in total. The summed E-state index contributed by atoms with van der Waals surface area (Å²) < 4.78 is 28.8. The van der Waals surface area contributed by atoms with Crippen LogP contribution in [0.4, 0.5) is 0 Å².